The molecule has 176 valence electrons. The van der Waals surface area contributed by atoms with Crippen molar-refractivity contribution >= 4 is 15.9 Å². The minimum atomic E-state index is -3.85. The number of aromatic nitrogens is 2. The van der Waals surface area contributed by atoms with Crippen LogP contribution >= 0.6 is 0 Å². The normalized spacial score (nSPS) is 18.1. The van der Waals surface area contributed by atoms with Gasteiger partial charge in [-0.3, -0.25) is 9.89 Å². The number of ether oxygens (including phenoxy) is 1. The van der Waals surface area contributed by atoms with Crippen LogP contribution in [0.2, 0.25) is 0 Å². The molecular weight excluding hydrogens is 444 g/mol. The van der Waals surface area contributed by atoms with E-state index in [2.05, 4.69) is 15.5 Å². The van der Waals surface area contributed by atoms with Crippen LogP contribution in [0.1, 0.15) is 38.3 Å². The van der Waals surface area contributed by atoms with Crippen molar-refractivity contribution in [1.29, 1.82) is 0 Å². The van der Waals surface area contributed by atoms with Crippen molar-refractivity contribution in [2.75, 3.05) is 19.7 Å². The topological polar surface area (TPSA) is 118 Å². The van der Waals surface area contributed by atoms with Gasteiger partial charge in [0, 0.05) is 19.3 Å². The van der Waals surface area contributed by atoms with Crippen molar-refractivity contribution in [2.45, 2.75) is 37.8 Å². The third kappa shape index (κ3) is 5.12. The number of carbonyl (C=O) groups is 1. The Kier molecular flexibility index (Phi) is 6.85. The molecule has 4 rings (SSSR count). The molecule has 0 aliphatic carbocycles. The van der Waals surface area contributed by atoms with Crippen molar-refractivity contribution in [3.63, 3.8) is 0 Å². The number of hydrogen-bond acceptors (Lipinski definition) is 6. The highest BCUT2D eigenvalue weighted by atomic mass is 32.2. The van der Waals surface area contributed by atoms with Crippen molar-refractivity contribution in [3.8, 4) is 17.2 Å². The number of hydrogen-bond donors (Lipinski definition) is 2. The second-order valence-corrected chi connectivity index (χ2v) is 9.89. The van der Waals surface area contributed by atoms with Gasteiger partial charge in [-0.05, 0) is 62.6 Å². The van der Waals surface area contributed by atoms with E-state index in [1.165, 1.54) is 10.4 Å². The predicted molar refractivity (Wildman–Crippen MR) is 122 cm³/mol. The average molecular weight is 473 g/mol. The Morgan fingerprint density at radius 2 is 2.06 bits per heavy atom. The summed E-state index contributed by atoms with van der Waals surface area (Å²) in [5.74, 6) is 0.581. The van der Waals surface area contributed by atoms with Gasteiger partial charge in [-0.2, -0.15) is 9.40 Å². The summed E-state index contributed by atoms with van der Waals surface area (Å²) in [6.45, 7) is 4.89. The van der Waals surface area contributed by atoms with Crippen molar-refractivity contribution in [2.24, 2.45) is 5.92 Å². The summed E-state index contributed by atoms with van der Waals surface area (Å²) in [7, 11) is -3.85. The van der Waals surface area contributed by atoms with Crippen LogP contribution in [-0.4, -0.2) is 48.5 Å². The lowest BCUT2D eigenvalue weighted by Gasteiger charge is -2.31. The lowest BCUT2D eigenvalue weighted by molar-refractivity contribution is -0.126. The number of amides is 1. The predicted octanol–water partition coefficient (Wildman–Crippen LogP) is 3.35. The molecule has 3 aromatic rings. The summed E-state index contributed by atoms with van der Waals surface area (Å²) < 4.78 is 38.6. The summed E-state index contributed by atoms with van der Waals surface area (Å²) in [4.78, 5) is 12.9. The Bertz CT molecular complexity index is 1170. The number of aromatic amines is 1. The van der Waals surface area contributed by atoms with Gasteiger partial charge in [0.2, 0.25) is 11.0 Å². The minimum absolute atomic E-state index is 0.115. The third-order valence-corrected chi connectivity index (χ3v) is 7.49. The Hall–Kier alpha value is -3.11. The second kappa shape index (κ2) is 9.80. The zero-order valence-corrected chi connectivity index (χ0v) is 19.5. The van der Waals surface area contributed by atoms with Crippen LogP contribution in [-0.2, 0) is 14.8 Å². The first-order valence-electron chi connectivity index (χ1n) is 11.0. The van der Waals surface area contributed by atoms with Crippen LogP contribution < -0.4 is 10.1 Å². The molecule has 1 saturated heterocycles. The molecule has 2 atom stereocenters. The molecule has 1 fully saturated rings. The first kappa shape index (κ1) is 23.1. The molecule has 0 saturated carbocycles. The summed E-state index contributed by atoms with van der Waals surface area (Å²) in [5, 5.41) is 9.47. The molecule has 0 unspecified atom stereocenters. The number of benzene rings is 1. The maximum atomic E-state index is 13.1. The number of nitrogens with one attached hydrogen (secondary N) is 2. The maximum Gasteiger partial charge on any atom is 0.276 e. The van der Waals surface area contributed by atoms with Gasteiger partial charge in [0.15, 0.2) is 5.76 Å². The minimum Gasteiger partial charge on any atom is -0.494 e. The number of furan rings is 1. The van der Waals surface area contributed by atoms with E-state index in [4.69, 9.17) is 9.15 Å². The van der Waals surface area contributed by atoms with Gasteiger partial charge in [-0.15, -0.1) is 0 Å². The van der Waals surface area contributed by atoms with E-state index >= 15 is 0 Å². The van der Waals surface area contributed by atoms with Crippen LogP contribution in [0.15, 0.2) is 58.2 Å². The van der Waals surface area contributed by atoms with Gasteiger partial charge >= 0.3 is 0 Å². The fraction of sp³-hybridized carbons (Fsp3) is 0.391. The molecule has 0 radical (unpaired) electrons. The number of carbonyl (C=O) groups excluding carboxylic acids is 1. The lowest BCUT2D eigenvalue weighted by Crippen LogP contribution is -2.45. The molecule has 1 amide bonds. The number of rotatable bonds is 8. The highest BCUT2D eigenvalue weighted by Gasteiger charge is 2.35. The maximum absolute atomic E-state index is 13.1. The first-order chi connectivity index (χ1) is 15.9. The zero-order valence-electron chi connectivity index (χ0n) is 18.7. The third-order valence-electron chi connectivity index (χ3n) is 5.75. The molecule has 33 heavy (non-hydrogen) atoms. The van der Waals surface area contributed by atoms with Gasteiger partial charge in [-0.25, -0.2) is 8.42 Å². The van der Waals surface area contributed by atoms with Gasteiger partial charge in [0.1, 0.15) is 11.4 Å². The van der Waals surface area contributed by atoms with E-state index in [0.29, 0.717) is 37.4 Å². The second-order valence-electron chi connectivity index (χ2n) is 8.02. The quantitative estimate of drug-likeness (QED) is 0.519. The molecule has 1 aliphatic rings. The summed E-state index contributed by atoms with van der Waals surface area (Å²) in [6.07, 6.45) is 2.79. The van der Waals surface area contributed by atoms with Gasteiger partial charge in [0.05, 0.1) is 18.6 Å². The molecule has 0 spiro atoms. The number of H-pyrrole nitrogens is 1. The van der Waals surface area contributed by atoms with Crippen LogP contribution in [0.25, 0.3) is 11.5 Å². The SMILES string of the molecule is CCOc1ccc([C@H](C)NC(=O)[C@@H]2CCCN(S(=O)(=O)c3ccc(-c4ccn[nH]4)o3)C2)cc1. The molecule has 3 heterocycles. The van der Waals surface area contributed by atoms with E-state index < -0.39 is 15.9 Å². The van der Waals surface area contributed by atoms with Crippen molar-refractivity contribution in [1.82, 2.24) is 19.8 Å². The molecule has 9 nitrogen and oxygen atoms in total. The molecule has 1 aliphatic heterocycles. The van der Waals surface area contributed by atoms with E-state index in [0.717, 1.165) is 11.3 Å². The van der Waals surface area contributed by atoms with E-state index in [1.807, 2.05) is 38.1 Å². The largest absolute Gasteiger partial charge is 0.494 e. The number of piperidine rings is 1. The van der Waals surface area contributed by atoms with Crippen molar-refractivity contribution < 1.29 is 22.4 Å². The molecule has 2 N–H and O–H groups in total. The fourth-order valence-corrected chi connectivity index (χ4v) is 5.37. The average Bonchev–Trinajstić information content (AvgIpc) is 3.52. The van der Waals surface area contributed by atoms with Gasteiger partial charge in [0.25, 0.3) is 10.0 Å². The van der Waals surface area contributed by atoms with Crippen LogP contribution in [0, 0.1) is 5.92 Å². The Labute approximate surface area is 193 Å². The summed E-state index contributed by atoms with van der Waals surface area (Å²) >= 11 is 0. The smallest absolute Gasteiger partial charge is 0.276 e. The van der Waals surface area contributed by atoms with Crippen LogP contribution in [0.5, 0.6) is 5.75 Å². The lowest BCUT2D eigenvalue weighted by atomic mass is 9.98. The molecular formula is C23H28N4O5S. The first-order valence-corrected chi connectivity index (χ1v) is 12.5. The summed E-state index contributed by atoms with van der Waals surface area (Å²) in [6, 6.07) is 12.1. The van der Waals surface area contributed by atoms with Crippen LogP contribution in [0.3, 0.4) is 0 Å². The van der Waals surface area contributed by atoms with E-state index in [9.17, 15) is 13.2 Å². The standard InChI is InChI=1S/C23H28N4O5S/c1-3-31-19-8-6-17(7-9-19)16(2)25-23(28)18-5-4-14-27(15-18)33(29,30)22-11-10-21(32-22)20-12-13-24-26-20/h6-13,16,18H,3-5,14-15H2,1-2H3,(H,24,26)(H,25,28)/t16-,18+/m0/s1. The molecule has 2 aromatic heterocycles. The Balaban J connectivity index is 1.40. The van der Waals surface area contributed by atoms with Crippen molar-refractivity contribution in [3.05, 3.63) is 54.2 Å². The number of nitrogens with zero attached hydrogens (tertiary/aromatic N) is 2. The molecule has 0 bridgehead atoms. The molecule has 10 heteroatoms. The van der Waals surface area contributed by atoms with E-state index in [-0.39, 0.29) is 23.6 Å². The van der Waals surface area contributed by atoms with Crippen LogP contribution in [0.4, 0.5) is 0 Å². The number of sulfonamides is 1. The van der Waals surface area contributed by atoms with E-state index in [1.54, 1.807) is 18.3 Å². The monoisotopic (exact) mass is 472 g/mol. The Morgan fingerprint density at radius 1 is 1.27 bits per heavy atom. The van der Waals surface area contributed by atoms with Gasteiger partial charge in [-0.1, -0.05) is 12.1 Å². The fourth-order valence-electron chi connectivity index (χ4n) is 3.93. The highest BCUT2D eigenvalue weighted by molar-refractivity contribution is 7.89. The zero-order chi connectivity index (χ0) is 23.4. The summed E-state index contributed by atoms with van der Waals surface area (Å²) in [5.41, 5.74) is 1.55. The Morgan fingerprint density at radius 3 is 2.76 bits per heavy atom. The highest BCUT2D eigenvalue weighted by Crippen LogP contribution is 2.28. The molecule has 1 aromatic carbocycles. The van der Waals surface area contributed by atoms with Gasteiger partial charge < -0.3 is 14.5 Å².